The molecule has 2 aliphatic rings. The van der Waals surface area contributed by atoms with Crippen molar-refractivity contribution in [3.63, 3.8) is 0 Å². The van der Waals surface area contributed by atoms with Crippen molar-refractivity contribution < 1.29 is 5.11 Å². The Morgan fingerprint density at radius 3 is 2.53 bits per heavy atom. The van der Waals surface area contributed by atoms with Gasteiger partial charge in [0, 0.05) is 37.8 Å². The van der Waals surface area contributed by atoms with Crippen molar-refractivity contribution in [2.75, 3.05) is 42.9 Å². The number of anilines is 2. The van der Waals surface area contributed by atoms with Crippen LogP contribution in [0.1, 0.15) is 39.0 Å². The molecule has 1 aliphatic carbocycles. The zero-order valence-corrected chi connectivity index (χ0v) is 18.4. The van der Waals surface area contributed by atoms with Crippen LogP contribution in [0.4, 0.5) is 10.9 Å². The number of phenols is 1. The highest BCUT2D eigenvalue weighted by Gasteiger charge is 2.25. The van der Waals surface area contributed by atoms with Crippen LogP contribution in [0.3, 0.4) is 0 Å². The zero-order valence-electron chi connectivity index (χ0n) is 17.5. The van der Waals surface area contributed by atoms with Gasteiger partial charge < -0.3 is 15.3 Å². The van der Waals surface area contributed by atoms with Gasteiger partial charge in [0.2, 0.25) is 10.1 Å². The van der Waals surface area contributed by atoms with Crippen molar-refractivity contribution in [2.24, 2.45) is 0 Å². The molecule has 0 atom stereocenters. The number of aromatic nitrogens is 3. The lowest BCUT2D eigenvalue weighted by Crippen LogP contribution is -2.46. The van der Waals surface area contributed by atoms with Gasteiger partial charge in [-0.1, -0.05) is 31.1 Å². The number of aromatic hydroxyl groups is 1. The number of imidazole rings is 1. The molecule has 30 heavy (non-hydrogen) atoms. The van der Waals surface area contributed by atoms with Gasteiger partial charge in [0.05, 0.1) is 0 Å². The molecule has 2 N–H and O–H groups in total. The summed E-state index contributed by atoms with van der Waals surface area (Å²) in [5.74, 6) is 1.25. The molecule has 3 aromatic rings. The molecule has 7 nitrogen and oxygen atoms in total. The van der Waals surface area contributed by atoms with Gasteiger partial charge in [0.25, 0.3) is 0 Å². The SMILES string of the molecule is CCCN1CCN(c2nn3c(NC4CCCC4)c(-c4ccc(O)cc4)nc3s2)CC1. The maximum Gasteiger partial charge on any atom is 0.216 e. The normalized spacial score (nSPS) is 18.5. The van der Waals surface area contributed by atoms with Crippen LogP contribution < -0.4 is 10.2 Å². The second-order valence-corrected chi connectivity index (χ2v) is 9.32. The first kappa shape index (κ1) is 19.6. The standard InChI is InChI=1S/C22H30N6OS/c1-2-11-26-12-14-27(15-13-26)22-25-28-20(23-17-5-3-4-6-17)19(24-21(28)30-22)16-7-9-18(29)10-8-16/h7-10,17,23,29H,2-6,11-15H2,1H3. The van der Waals surface area contributed by atoms with Crippen LogP contribution in [0.25, 0.3) is 16.2 Å². The van der Waals surface area contributed by atoms with E-state index in [0.717, 1.165) is 53.3 Å². The Balaban J connectivity index is 1.45. The van der Waals surface area contributed by atoms with Crippen LogP contribution in [0.2, 0.25) is 0 Å². The Hall–Kier alpha value is -2.32. The summed E-state index contributed by atoms with van der Waals surface area (Å²) in [6.45, 7) is 7.66. The van der Waals surface area contributed by atoms with E-state index in [-0.39, 0.29) is 5.75 Å². The molecule has 0 spiro atoms. The van der Waals surface area contributed by atoms with Gasteiger partial charge in [0.1, 0.15) is 11.4 Å². The summed E-state index contributed by atoms with van der Waals surface area (Å²) in [5.41, 5.74) is 1.92. The quantitative estimate of drug-likeness (QED) is 0.620. The number of hydrogen-bond acceptors (Lipinski definition) is 7. The van der Waals surface area contributed by atoms with E-state index in [0.29, 0.717) is 6.04 Å². The van der Waals surface area contributed by atoms with Crippen molar-refractivity contribution in [2.45, 2.75) is 45.1 Å². The van der Waals surface area contributed by atoms with Crippen LogP contribution in [0, 0.1) is 0 Å². The second kappa shape index (κ2) is 8.43. The van der Waals surface area contributed by atoms with Gasteiger partial charge in [-0.15, -0.1) is 5.10 Å². The lowest BCUT2D eigenvalue weighted by Gasteiger charge is -2.34. The molecule has 0 bridgehead atoms. The molecular formula is C22H30N6OS. The molecule has 2 aromatic heterocycles. The van der Waals surface area contributed by atoms with E-state index in [1.807, 2.05) is 16.6 Å². The number of nitrogens with zero attached hydrogens (tertiary/aromatic N) is 5. The monoisotopic (exact) mass is 426 g/mol. The molecule has 1 aliphatic heterocycles. The lowest BCUT2D eigenvalue weighted by molar-refractivity contribution is 0.258. The average molecular weight is 427 g/mol. The first-order valence-electron chi connectivity index (χ1n) is 11.1. The fourth-order valence-corrected chi connectivity index (χ4v) is 5.51. The summed E-state index contributed by atoms with van der Waals surface area (Å²) in [6, 6.07) is 7.77. The number of nitrogens with one attached hydrogen (secondary N) is 1. The Kier molecular flexibility index (Phi) is 5.52. The van der Waals surface area contributed by atoms with Crippen molar-refractivity contribution in [1.29, 1.82) is 0 Å². The minimum atomic E-state index is 0.271. The van der Waals surface area contributed by atoms with Gasteiger partial charge >= 0.3 is 0 Å². The van der Waals surface area contributed by atoms with Crippen molar-refractivity contribution in [3.05, 3.63) is 24.3 Å². The van der Waals surface area contributed by atoms with E-state index in [4.69, 9.17) is 10.1 Å². The van der Waals surface area contributed by atoms with Crippen molar-refractivity contribution in [1.82, 2.24) is 19.5 Å². The maximum absolute atomic E-state index is 9.67. The Morgan fingerprint density at radius 2 is 1.83 bits per heavy atom. The first-order valence-corrected chi connectivity index (χ1v) is 12.0. The van der Waals surface area contributed by atoms with Crippen LogP contribution >= 0.6 is 11.3 Å². The third kappa shape index (κ3) is 3.86. The second-order valence-electron chi connectivity index (χ2n) is 8.39. The highest BCUT2D eigenvalue weighted by atomic mass is 32.1. The van der Waals surface area contributed by atoms with Crippen molar-refractivity contribution in [3.8, 4) is 17.0 Å². The molecule has 1 saturated carbocycles. The van der Waals surface area contributed by atoms with E-state index in [2.05, 4.69) is 22.0 Å². The summed E-state index contributed by atoms with van der Waals surface area (Å²) in [5, 5.41) is 19.5. The summed E-state index contributed by atoms with van der Waals surface area (Å²) in [7, 11) is 0. The average Bonchev–Trinajstić information content (AvgIpc) is 3.48. The van der Waals surface area contributed by atoms with Gasteiger partial charge in [-0.2, -0.15) is 4.52 Å². The molecule has 5 rings (SSSR count). The van der Waals surface area contributed by atoms with E-state index in [1.54, 1.807) is 23.5 Å². The lowest BCUT2D eigenvalue weighted by atomic mass is 10.1. The summed E-state index contributed by atoms with van der Waals surface area (Å²) in [6.07, 6.45) is 6.15. The number of phenolic OH excluding ortho intramolecular Hbond substituents is 1. The molecule has 0 radical (unpaired) electrons. The number of piperazine rings is 1. The minimum Gasteiger partial charge on any atom is -0.508 e. The van der Waals surface area contributed by atoms with Crippen molar-refractivity contribution >= 4 is 27.2 Å². The molecule has 160 valence electrons. The largest absolute Gasteiger partial charge is 0.508 e. The number of fused-ring (bicyclic) bond motifs is 1. The Morgan fingerprint density at radius 1 is 1.10 bits per heavy atom. The predicted molar refractivity (Wildman–Crippen MR) is 123 cm³/mol. The number of rotatable bonds is 6. The first-order chi connectivity index (χ1) is 14.7. The highest BCUT2D eigenvalue weighted by molar-refractivity contribution is 7.20. The van der Waals surface area contributed by atoms with E-state index in [9.17, 15) is 5.11 Å². The van der Waals surface area contributed by atoms with Crippen LogP contribution in [0.5, 0.6) is 5.75 Å². The topological polar surface area (TPSA) is 68.9 Å². The number of benzene rings is 1. The van der Waals surface area contributed by atoms with Gasteiger partial charge in [-0.05, 0) is 50.1 Å². The highest BCUT2D eigenvalue weighted by Crippen LogP contribution is 2.36. The third-order valence-corrected chi connectivity index (χ3v) is 7.18. The molecule has 0 unspecified atom stereocenters. The van der Waals surface area contributed by atoms with Gasteiger partial charge in [0.15, 0.2) is 5.82 Å². The predicted octanol–water partition coefficient (Wildman–Crippen LogP) is 4.05. The molecule has 1 saturated heterocycles. The summed E-state index contributed by atoms with van der Waals surface area (Å²) in [4.78, 5) is 10.8. The summed E-state index contributed by atoms with van der Waals surface area (Å²) < 4.78 is 2.00. The van der Waals surface area contributed by atoms with Crippen LogP contribution in [-0.4, -0.2) is 63.4 Å². The van der Waals surface area contributed by atoms with Gasteiger partial charge in [-0.3, -0.25) is 4.90 Å². The molecule has 8 heteroatoms. The molecule has 0 amide bonds. The molecule has 2 fully saturated rings. The Bertz CT molecular complexity index is 983. The van der Waals surface area contributed by atoms with E-state index >= 15 is 0 Å². The van der Waals surface area contributed by atoms with E-state index in [1.165, 1.54) is 38.6 Å². The maximum atomic E-state index is 9.67. The fourth-order valence-electron chi connectivity index (χ4n) is 4.56. The molecule has 1 aromatic carbocycles. The number of hydrogen-bond donors (Lipinski definition) is 2. The summed E-state index contributed by atoms with van der Waals surface area (Å²) >= 11 is 1.67. The van der Waals surface area contributed by atoms with Crippen LogP contribution in [0.15, 0.2) is 24.3 Å². The molecule has 3 heterocycles. The third-order valence-electron chi connectivity index (χ3n) is 6.21. The van der Waals surface area contributed by atoms with E-state index < -0.39 is 0 Å². The van der Waals surface area contributed by atoms with Gasteiger partial charge in [-0.25, -0.2) is 4.98 Å². The fraction of sp³-hybridized carbons (Fsp3) is 0.545. The minimum absolute atomic E-state index is 0.271. The smallest absolute Gasteiger partial charge is 0.216 e. The van der Waals surface area contributed by atoms with Crippen LogP contribution in [-0.2, 0) is 0 Å². The Labute approximate surface area is 181 Å². The zero-order chi connectivity index (χ0) is 20.5. The molecular weight excluding hydrogens is 396 g/mol.